The summed E-state index contributed by atoms with van der Waals surface area (Å²) < 4.78 is 5.48. The molecule has 0 aliphatic rings. The molecule has 6 heteroatoms. The molecule has 0 fully saturated rings. The first-order valence-electron chi connectivity index (χ1n) is 9.99. The fourth-order valence-corrected chi connectivity index (χ4v) is 3.29. The lowest BCUT2D eigenvalue weighted by Gasteiger charge is -2.16. The van der Waals surface area contributed by atoms with Crippen LogP contribution in [-0.2, 0) is 6.42 Å². The van der Waals surface area contributed by atoms with E-state index >= 15 is 0 Å². The van der Waals surface area contributed by atoms with Crippen LogP contribution in [0.25, 0.3) is 11.3 Å². The maximum atomic E-state index is 5.48. The number of para-hydroxylation sites is 1. The molecule has 0 bridgehead atoms. The van der Waals surface area contributed by atoms with Gasteiger partial charge in [0.2, 0.25) is 0 Å². The zero-order valence-electron chi connectivity index (χ0n) is 17.4. The van der Waals surface area contributed by atoms with E-state index in [0.29, 0.717) is 0 Å². The lowest BCUT2D eigenvalue weighted by molar-refractivity contribution is 0.407. The molecule has 3 rings (SSSR count). The predicted octanol–water partition coefficient (Wildman–Crippen LogP) is 3.91. The number of aromatic nitrogens is 3. The summed E-state index contributed by atoms with van der Waals surface area (Å²) in [5.41, 5.74) is 4.27. The van der Waals surface area contributed by atoms with Crippen LogP contribution in [0.1, 0.15) is 30.4 Å². The van der Waals surface area contributed by atoms with Crippen molar-refractivity contribution in [1.82, 2.24) is 20.3 Å². The number of anilines is 1. The Morgan fingerprint density at radius 1 is 1.10 bits per heavy atom. The summed E-state index contributed by atoms with van der Waals surface area (Å²) in [5, 5.41) is 6.60. The van der Waals surface area contributed by atoms with E-state index in [0.717, 1.165) is 48.8 Å². The number of rotatable bonds is 10. The van der Waals surface area contributed by atoms with Gasteiger partial charge in [-0.2, -0.15) is 0 Å². The van der Waals surface area contributed by atoms with Gasteiger partial charge >= 0.3 is 0 Å². The number of benzene rings is 1. The molecule has 0 radical (unpaired) electrons. The molecule has 0 aliphatic heterocycles. The highest BCUT2D eigenvalue weighted by molar-refractivity contribution is 5.61. The Morgan fingerprint density at radius 2 is 1.97 bits per heavy atom. The van der Waals surface area contributed by atoms with E-state index < -0.39 is 0 Å². The molecule has 3 aromatic rings. The number of pyridine rings is 1. The van der Waals surface area contributed by atoms with Crippen molar-refractivity contribution in [2.24, 2.45) is 0 Å². The maximum absolute atomic E-state index is 5.48. The van der Waals surface area contributed by atoms with E-state index in [-0.39, 0.29) is 5.92 Å². The molecule has 0 saturated carbocycles. The van der Waals surface area contributed by atoms with E-state index in [9.17, 15) is 0 Å². The first-order chi connectivity index (χ1) is 14.2. The number of nitrogens with one attached hydrogen (secondary N) is 2. The van der Waals surface area contributed by atoms with Crippen molar-refractivity contribution in [3.8, 4) is 17.0 Å². The third-order valence-electron chi connectivity index (χ3n) is 4.91. The van der Waals surface area contributed by atoms with E-state index in [1.807, 2.05) is 43.7 Å². The highest BCUT2D eigenvalue weighted by atomic mass is 16.5. The highest BCUT2D eigenvalue weighted by Crippen LogP contribution is 2.26. The van der Waals surface area contributed by atoms with Crippen LogP contribution in [0.4, 0.5) is 5.82 Å². The van der Waals surface area contributed by atoms with E-state index in [1.54, 1.807) is 13.4 Å². The molecule has 2 aromatic heterocycles. The van der Waals surface area contributed by atoms with Crippen molar-refractivity contribution >= 4 is 5.82 Å². The van der Waals surface area contributed by atoms with Crippen LogP contribution >= 0.6 is 0 Å². The van der Waals surface area contributed by atoms with Crippen LogP contribution in [0, 0.1) is 0 Å². The summed E-state index contributed by atoms with van der Waals surface area (Å²) in [6.07, 6.45) is 7.45. The maximum Gasteiger partial charge on any atom is 0.129 e. The molecule has 0 aliphatic carbocycles. The molecule has 0 saturated heterocycles. The molecule has 2 heterocycles. The second-order valence-electron chi connectivity index (χ2n) is 7.10. The van der Waals surface area contributed by atoms with Gasteiger partial charge in [0, 0.05) is 36.5 Å². The van der Waals surface area contributed by atoms with Crippen molar-refractivity contribution in [2.45, 2.75) is 25.7 Å². The Hall–Kier alpha value is -2.99. The molecular formula is C23H29N5O. The minimum absolute atomic E-state index is 0.279. The van der Waals surface area contributed by atoms with Crippen molar-refractivity contribution in [2.75, 3.05) is 32.6 Å². The van der Waals surface area contributed by atoms with Crippen LogP contribution in [0.15, 0.2) is 55.1 Å². The third kappa shape index (κ3) is 5.74. The first-order valence-corrected chi connectivity index (χ1v) is 9.99. The Kier molecular flexibility index (Phi) is 7.53. The third-order valence-corrected chi connectivity index (χ3v) is 4.91. The van der Waals surface area contributed by atoms with E-state index in [4.69, 9.17) is 4.74 Å². The molecule has 2 N–H and O–H groups in total. The van der Waals surface area contributed by atoms with Crippen LogP contribution in [0.5, 0.6) is 5.75 Å². The molecule has 152 valence electrons. The van der Waals surface area contributed by atoms with E-state index in [2.05, 4.69) is 44.6 Å². The van der Waals surface area contributed by atoms with Gasteiger partial charge in [-0.15, -0.1) is 0 Å². The number of hydrogen-bond donors (Lipinski definition) is 2. The summed E-state index contributed by atoms with van der Waals surface area (Å²) in [6, 6.07) is 12.2. The average molecular weight is 392 g/mol. The number of aryl methyl sites for hydroxylation is 1. The Bertz CT molecular complexity index is 915. The fourth-order valence-electron chi connectivity index (χ4n) is 3.29. The Balaban J connectivity index is 1.67. The van der Waals surface area contributed by atoms with Crippen LogP contribution in [0.3, 0.4) is 0 Å². The minimum atomic E-state index is 0.279. The SMILES string of the molecule is CNCCCc1cncc(-c2cc(NC[C@@H](C)c3ccccc3OC)ncn2)c1. The highest BCUT2D eigenvalue weighted by Gasteiger charge is 2.11. The smallest absolute Gasteiger partial charge is 0.129 e. The topological polar surface area (TPSA) is 72.0 Å². The van der Waals surface area contributed by atoms with Gasteiger partial charge in [-0.05, 0) is 49.7 Å². The number of ether oxygens (including phenoxy) is 1. The van der Waals surface area contributed by atoms with Crippen molar-refractivity contribution in [3.63, 3.8) is 0 Å². The second kappa shape index (κ2) is 10.5. The van der Waals surface area contributed by atoms with Gasteiger partial charge in [0.25, 0.3) is 0 Å². The summed E-state index contributed by atoms with van der Waals surface area (Å²) >= 11 is 0. The lowest BCUT2D eigenvalue weighted by Crippen LogP contribution is -2.12. The van der Waals surface area contributed by atoms with Gasteiger partial charge < -0.3 is 15.4 Å². The minimum Gasteiger partial charge on any atom is -0.496 e. The summed E-state index contributed by atoms with van der Waals surface area (Å²) in [5.74, 6) is 1.99. The van der Waals surface area contributed by atoms with Crippen molar-refractivity contribution in [3.05, 3.63) is 66.2 Å². The summed E-state index contributed by atoms with van der Waals surface area (Å²) in [7, 11) is 3.68. The zero-order chi connectivity index (χ0) is 20.5. The lowest BCUT2D eigenvalue weighted by atomic mass is 10.00. The van der Waals surface area contributed by atoms with Gasteiger partial charge in [0.1, 0.15) is 17.9 Å². The van der Waals surface area contributed by atoms with Crippen molar-refractivity contribution < 1.29 is 4.74 Å². The molecule has 0 unspecified atom stereocenters. The van der Waals surface area contributed by atoms with Crippen LogP contribution < -0.4 is 15.4 Å². The largest absolute Gasteiger partial charge is 0.496 e. The summed E-state index contributed by atoms with van der Waals surface area (Å²) in [6.45, 7) is 3.92. The van der Waals surface area contributed by atoms with Gasteiger partial charge in [0.05, 0.1) is 12.8 Å². The monoisotopic (exact) mass is 391 g/mol. The van der Waals surface area contributed by atoms with Gasteiger partial charge in [-0.25, -0.2) is 9.97 Å². The number of hydrogen-bond acceptors (Lipinski definition) is 6. The quantitative estimate of drug-likeness (QED) is 0.511. The average Bonchev–Trinajstić information content (AvgIpc) is 2.78. The Morgan fingerprint density at radius 3 is 2.79 bits per heavy atom. The van der Waals surface area contributed by atoms with Gasteiger partial charge in [-0.1, -0.05) is 25.1 Å². The van der Waals surface area contributed by atoms with Crippen LogP contribution in [-0.4, -0.2) is 42.2 Å². The normalized spacial score (nSPS) is 11.8. The number of nitrogens with zero attached hydrogens (tertiary/aromatic N) is 3. The predicted molar refractivity (Wildman–Crippen MR) is 117 cm³/mol. The molecule has 6 nitrogen and oxygen atoms in total. The fraction of sp³-hybridized carbons (Fsp3) is 0.348. The number of methoxy groups -OCH3 is 1. The van der Waals surface area contributed by atoms with E-state index in [1.165, 1.54) is 11.1 Å². The second-order valence-corrected chi connectivity index (χ2v) is 7.10. The zero-order valence-corrected chi connectivity index (χ0v) is 17.4. The van der Waals surface area contributed by atoms with Crippen molar-refractivity contribution in [1.29, 1.82) is 0 Å². The van der Waals surface area contributed by atoms with Crippen LogP contribution in [0.2, 0.25) is 0 Å². The standard InChI is InChI=1S/C23H29N5O/c1-17(20-8-4-5-9-22(20)29-3)13-26-23-12-21(27-16-28-23)19-11-18(14-25-15-19)7-6-10-24-2/h4-5,8-9,11-12,14-17,24H,6-7,10,13H2,1-3H3,(H,26,27,28)/t17-/m1/s1. The molecule has 0 spiro atoms. The molecule has 1 aromatic carbocycles. The molecule has 1 atom stereocenters. The molecule has 29 heavy (non-hydrogen) atoms. The Labute approximate surface area is 172 Å². The van der Waals surface area contributed by atoms with Gasteiger partial charge in [0.15, 0.2) is 0 Å². The first kappa shape index (κ1) is 20.7. The molecule has 0 amide bonds. The summed E-state index contributed by atoms with van der Waals surface area (Å²) in [4.78, 5) is 13.2. The molecular weight excluding hydrogens is 362 g/mol. The van der Waals surface area contributed by atoms with Gasteiger partial charge in [-0.3, -0.25) is 4.98 Å².